The third-order valence-corrected chi connectivity index (χ3v) is 4.80. The van der Waals surface area contributed by atoms with Crippen molar-refractivity contribution < 1.29 is 13.3 Å². The highest BCUT2D eigenvalue weighted by atomic mass is 32.2. The molecule has 1 aliphatic carbocycles. The molecule has 0 aliphatic heterocycles. The van der Waals surface area contributed by atoms with E-state index in [9.17, 15) is 18.5 Å². The number of anilines is 1. The van der Waals surface area contributed by atoms with Gasteiger partial charge in [0.1, 0.15) is 0 Å². The number of nitro benzene ring substituents is 1. The number of benzene rings is 1. The quantitative estimate of drug-likeness (QED) is 0.630. The van der Waals surface area contributed by atoms with Crippen LogP contribution < -0.4 is 10.0 Å². The fourth-order valence-electron chi connectivity index (χ4n) is 1.71. The summed E-state index contributed by atoms with van der Waals surface area (Å²) in [5.74, 6) is 0. The molecule has 1 aromatic carbocycles. The first-order chi connectivity index (χ1) is 8.77. The highest BCUT2D eigenvalue weighted by molar-refractivity contribution is 7.89. The van der Waals surface area contributed by atoms with Gasteiger partial charge in [0.15, 0.2) is 4.90 Å². The summed E-state index contributed by atoms with van der Waals surface area (Å²) in [7, 11) is -2.27. The Morgan fingerprint density at radius 2 is 2.00 bits per heavy atom. The van der Waals surface area contributed by atoms with Gasteiger partial charge in [-0.3, -0.25) is 10.1 Å². The van der Waals surface area contributed by atoms with Gasteiger partial charge in [-0.05, 0) is 31.9 Å². The Morgan fingerprint density at radius 3 is 2.47 bits per heavy atom. The maximum absolute atomic E-state index is 12.2. The fourth-order valence-corrected chi connectivity index (χ4v) is 3.33. The topological polar surface area (TPSA) is 101 Å². The lowest BCUT2D eigenvalue weighted by Crippen LogP contribution is -2.34. The lowest BCUT2D eigenvalue weighted by Gasteiger charge is -2.12. The van der Waals surface area contributed by atoms with Crippen molar-refractivity contribution in [3.8, 4) is 0 Å². The Morgan fingerprint density at radius 1 is 1.37 bits per heavy atom. The Hall–Kier alpha value is -1.67. The zero-order valence-electron chi connectivity index (χ0n) is 10.6. The van der Waals surface area contributed by atoms with Crippen LogP contribution in [0, 0.1) is 10.1 Å². The van der Waals surface area contributed by atoms with Gasteiger partial charge in [0.25, 0.3) is 5.69 Å². The van der Waals surface area contributed by atoms with Gasteiger partial charge in [-0.25, -0.2) is 13.1 Å². The maximum Gasteiger partial charge on any atom is 0.291 e. The molecule has 1 aromatic rings. The number of rotatable bonds is 5. The summed E-state index contributed by atoms with van der Waals surface area (Å²) >= 11 is 0. The third kappa shape index (κ3) is 2.85. The molecule has 19 heavy (non-hydrogen) atoms. The van der Waals surface area contributed by atoms with Gasteiger partial charge in [-0.1, -0.05) is 0 Å². The van der Waals surface area contributed by atoms with Crippen molar-refractivity contribution in [1.82, 2.24) is 4.72 Å². The van der Waals surface area contributed by atoms with E-state index in [-0.39, 0.29) is 4.90 Å². The van der Waals surface area contributed by atoms with Gasteiger partial charge in [0.2, 0.25) is 10.0 Å². The molecule has 7 nitrogen and oxygen atoms in total. The summed E-state index contributed by atoms with van der Waals surface area (Å²) in [5, 5.41) is 13.7. The molecule has 0 saturated heterocycles. The van der Waals surface area contributed by atoms with Crippen LogP contribution in [0.2, 0.25) is 0 Å². The molecule has 0 heterocycles. The van der Waals surface area contributed by atoms with Gasteiger partial charge >= 0.3 is 0 Å². The summed E-state index contributed by atoms with van der Waals surface area (Å²) in [5.41, 5.74) is -0.402. The standard InChI is InChI=1S/C11H15N3O4S/c1-11(5-6-11)13-19(17,18)10-4-3-8(12-2)7-9(10)14(15)16/h3-4,7,12-13H,5-6H2,1-2H3. The molecule has 104 valence electrons. The predicted molar refractivity (Wildman–Crippen MR) is 70.6 cm³/mol. The molecule has 0 unspecified atom stereocenters. The van der Waals surface area contributed by atoms with Crippen molar-refractivity contribution in [2.24, 2.45) is 0 Å². The van der Waals surface area contributed by atoms with Crippen LogP contribution in [-0.2, 0) is 10.0 Å². The van der Waals surface area contributed by atoms with Crippen molar-refractivity contribution >= 4 is 21.4 Å². The minimum atomic E-state index is -3.88. The zero-order chi connectivity index (χ0) is 14.3. The Balaban J connectivity index is 2.46. The first-order valence-electron chi connectivity index (χ1n) is 5.78. The van der Waals surface area contributed by atoms with Crippen molar-refractivity contribution in [3.05, 3.63) is 28.3 Å². The van der Waals surface area contributed by atoms with Crippen LogP contribution in [0.5, 0.6) is 0 Å². The molecule has 1 aliphatic rings. The highest BCUT2D eigenvalue weighted by Gasteiger charge is 2.42. The van der Waals surface area contributed by atoms with Crippen LogP contribution >= 0.6 is 0 Å². The van der Waals surface area contributed by atoms with Crippen LogP contribution in [0.3, 0.4) is 0 Å². The molecule has 0 spiro atoms. The number of nitro groups is 1. The average molecular weight is 285 g/mol. The van der Waals surface area contributed by atoms with E-state index in [1.54, 1.807) is 14.0 Å². The van der Waals surface area contributed by atoms with Crippen LogP contribution in [0.15, 0.2) is 23.1 Å². The molecule has 0 bridgehead atoms. The lowest BCUT2D eigenvalue weighted by molar-refractivity contribution is -0.387. The van der Waals surface area contributed by atoms with E-state index in [4.69, 9.17) is 0 Å². The lowest BCUT2D eigenvalue weighted by atomic mass is 10.3. The third-order valence-electron chi connectivity index (χ3n) is 3.11. The SMILES string of the molecule is CNc1ccc(S(=O)(=O)NC2(C)CC2)c([N+](=O)[O-])c1. The molecule has 8 heteroatoms. The first-order valence-corrected chi connectivity index (χ1v) is 7.26. The molecule has 0 radical (unpaired) electrons. The second-order valence-electron chi connectivity index (χ2n) is 4.86. The summed E-state index contributed by atoms with van der Waals surface area (Å²) < 4.78 is 26.9. The van der Waals surface area contributed by atoms with Crippen molar-refractivity contribution in [1.29, 1.82) is 0 Å². The van der Waals surface area contributed by atoms with E-state index in [1.165, 1.54) is 18.2 Å². The second-order valence-corrected chi connectivity index (χ2v) is 6.51. The molecule has 1 saturated carbocycles. The van der Waals surface area contributed by atoms with E-state index < -0.39 is 26.2 Å². The molecule has 0 aromatic heterocycles. The first kappa shape index (κ1) is 13.8. The normalized spacial score (nSPS) is 16.9. The highest BCUT2D eigenvalue weighted by Crippen LogP contribution is 2.37. The molecular formula is C11H15N3O4S. The smallest absolute Gasteiger partial charge is 0.291 e. The molecule has 1 fully saturated rings. The van der Waals surface area contributed by atoms with Gasteiger partial charge in [-0.15, -0.1) is 0 Å². The molecule has 2 N–H and O–H groups in total. The Kier molecular flexibility index (Phi) is 3.23. The van der Waals surface area contributed by atoms with Gasteiger partial charge < -0.3 is 5.32 Å². The predicted octanol–water partition coefficient (Wildman–Crippen LogP) is 1.47. The van der Waals surface area contributed by atoms with E-state index in [1.807, 2.05) is 0 Å². The van der Waals surface area contributed by atoms with Gasteiger partial charge in [0, 0.05) is 24.3 Å². The average Bonchev–Trinajstić information content (AvgIpc) is 3.04. The maximum atomic E-state index is 12.2. The van der Waals surface area contributed by atoms with E-state index in [0.717, 1.165) is 12.8 Å². The van der Waals surface area contributed by atoms with Crippen LogP contribution in [0.4, 0.5) is 11.4 Å². The zero-order valence-corrected chi connectivity index (χ0v) is 11.5. The Bertz CT molecular complexity index is 623. The van der Waals surface area contributed by atoms with E-state index >= 15 is 0 Å². The van der Waals surface area contributed by atoms with Gasteiger partial charge in [0.05, 0.1) is 4.92 Å². The van der Waals surface area contributed by atoms with Crippen LogP contribution in [-0.4, -0.2) is 25.9 Å². The summed E-state index contributed by atoms with van der Waals surface area (Å²) in [6.07, 6.45) is 1.49. The molecule has 0 atom stereocenters. The molecule has 0 amide bonds. The summed E-state index contributed by atoms with van der Waals surface area (Å²) in [6.45, 7) is 1.78. The fraction of sp³-hybridized carbons (Fsp3) is 0.455. The number of sulfonamides is 1. The van der Waals surface area contributed by atoms with Crippen molar-refractivity contribution in [2.75, 3.05) is 12.4 Å². The van der Waals surface area contributed by atoms with Crippen LogP contribution in [0.25, 0.3) is 0 Å². The number of hydrogen-bond acceptors (Lipinski definition) is 5. The summed E-state index contributed by atoms with van der Waals surface area (Å²) in [6, 6.07) is 3.96. The van der Waals surface area contributed by atoms with E-state index in [0.29, 0.717) is 5.69 Å². The number of hydrogen-bond donors (Lipinski definition) is 2. The van der Waals surface area contributed by atoms with E-state index in [2.05, 4.69) is 10.0 Å². The second kappa shape index (κ2) is 4.46. The number of nitrogens with zero attached hydrogens (tertiary/aromatic N) is 1. The van der Waals surface area contributed by atoms with Crippen molar-refractivity contribution in [2.45, 2.75) is 30.2 Å². The monoisotopic (exact) mass is 285 g/mol. The Labute approximate surface area is 111 Å². The van der Waals surface area contributed by atoms with Gasteiger partial charge in [-0.2, -0.15) is 0 Å². The summed E-state index contributed by atoms with van der Waals surface area (Å²) in [4.78, 5) is 10.0. The van der Waals surface area contributed by atoms with Crippen LogP contribution in [0.1, 0.15) is 19.8 Å². The largest absolute Gasteiger partial charge is 0.388 e. The number of nitrogens with one attached hydrogen (secondary N) is 2. The minimum absolute atomic E-state index is 0.301. The van der Waals surface area contributed by atoms with Crippen molar-refractivity contribution in [3.63, 3.8) is 0 Å². The minimum Gasteiger partial charge on any atom is -0.388 e. The molecular weight excluding hydrogens is 270 g/mol. The molecule has 2 rings (SSSR count).